The number of rotatable bonds is 4. The summed E-state index contributed by atoms with van der Waals surface area (Å²) < 4.78 is 1.81. The van der Waals surface area contributed by atoms with Crippen LogP contribution >= 0.6 is 31.9 Å². The smallest absolute Gasteiger partial charge is 0.253 e. The number of nitrogens with zero attached hydrogens (tertiary/aromatic N) is 2. The number of carbonyl (C=O) groups excluding carboxylic acids is 2. The van der Waals surface area contributed by atoms with Gasteiger partial charge in [-0.1, -0.05) is 22.0 Å². The van der Waals surface area contributed by atoms with Gasteiger partial charge < -0.3 is 10.2 Å². The van der Waals surface area contributed by atoms with Crippen LogP contribution in [0.5, 0.6) is 0 Å². The lowest BCUT2D eigenvalue weighted by Gasteiger charge is -2.40. The summed E-state index contributed by atoms with van der Waals surface area (Å²) in [5, 5.41) is 11.0. The molecule has 6 nitrogen and oxygen atoms in total. The maximum Gasteiger partial charge on any atom is 0.253 e. The van der Waals surface area contributed by atoms with Crippen molar-refractivity contribution in [3.8, 4) is 0 Å². The lowest BCUT2D eigenvalue weighted by atomic mass is 9.92. The van der Waals surface area contributed by atoms with Crippen LogP contribution in [0.2, 0.25) is 0 Å². The fourth-order valence-corrected chi connectivity index (χ4v) is 5.26. The van der Waals surface area contributed by atoms with Gasteiger partial charge in [-0.2, -0.15) is 5.10 Å². The van der Waals surface area contributed by atoms with Crippen molar-refractivity contribution in [3.63, 3.8) is 0 Å². The minimum absolute atomic E-state index is 0.00260. The van der Waals surface area contributed by atoms with E-state index in [1.807, 2.05) is 36.1 Å². The van der Waals surface area contributed by atoms with Gasteiger partial charge in [0.05, 0.1) is 5.52 Å². The molecule has 3 aromatic rings. The van der Waals surface area contributed by atoms with Gasteiger partial charge in [0.1, 0.15) is 4.60 Å². The Morgan fingerprint density at radius 1 is 1.23 bits per heavy atom. The quantitative estimate of drug-likeness (QED) is 0.530. The van der Waals surface area contributed by atoms with Gasteiger partial charge in [0.25, 0.3) is 5.91 Å². The summed E-state index contributed by atoms with van der Waals surface area (Å²) in [6.07, 6.45) is 0.855. The SMILES string of the molecule is Cc1cc(Br)ccc1CNC(=O)C1CC12CN(C(=O)c1ccc3n[nH]c(Br)c3c1)C2. The van der Waals surface area contributed by atoms with E-state index < -0.39 is 0 Å². The molecule has 1 aliphatic carbocycles. The Kier molecular flexibility index (Phi) is 4.74. The molecule has 2 aliphatic rings. The highest BCUT2D eigenvalue weighted by Gasteiger charge is 2.65. The van der Waals surface area contributed by atoms with E-state index in [-0.39, 0.29) is 23.1 Å². The topological polar surface area (TPSA) is 78.1 Å². The molecule has 1 atom stereocenters. The van der Waals surface area contributed by atoms with Crippen molar-refractivity contribution >= 4 is 54.6 Å². The first-order valence-corrected chi connectivity index (χ1v) is 11.4. The lowest BCUT2D eigenvalue weighted by Crippen LogP contribution is -2.53. The normalized spacial score (nSPS) is 19.0. The number of aryl methyl sites for hydroxylation is 1. The van der Waals surface area contributed by atoms with E-state index >= 15 is 0 Å². The summed E-state index contributed by atoms with van der Waals surface area (Å²) >= 11 is 6.88. The van der Waals surface area contributed by atoms with E-state index in [4.69, 9.17) is 0 Å². The van der Waals surface area contributed by atoms with E-state index in [0.717, 1.165) is 37.5 Å². The maximum absolute atomic E-state index is 12.8. The Morgan fingerprint density at radius 3 is 2.80 bits per heavy atom. The first kappa shape index (κ1) is 19.8. The highest BCUT2D eigenvalue weighted by atomic mass is 79.9. The molecular formula is C22H20Br2N4O2. The molecule has 2 heterocycles. The number of hydrogen-bond acceptors (Lipinski definition) is 3. The molecule has 0 radical (unpaired) electrons. The van der Waals surface area contributed by atoms with E-state index in [1.54, 1.807) is 6.07 Å². The van der Waals surface area contributed by atoms with Crippen molar-refractivity contribution in [2.24, 2.45) is 11.3 Å². The number of halogens is 2. The molecule has 1 unspecified atom stereocenters. The molecule has 30 heavy (non-hydrogen) atoms. The molecule has 2 aromatic carbocycles. The largest absolute Gasteiger partial charge is 0.352 e. The number of nitrogens with one attached hydrogen (secondary N) is 2. The van der Waals surface area contributed by atoms with Crippen LogP contribution in [-0.2, 0) is 11.3 Å². The summed E-state index contributed by atoms with van der Waals surface area (Å²) in [6, 6.07) is 11.6. The first-order valence-electron chi connectivity index (χ1n) is 9.82. The number of likely N-dealkylation sites (tertiary alicyclic amines) is 1. The Morgan fingerprint density at radius 2 is 2.03 bits per heavy atom. The van der Waals surface area contributed by atoms with Gasteiger partial charge >= 0.3 is 0 Å². The second-order valence-corrected chi connectivity index (χ2v) is 10.0. The Balaban J connectivity index is 1.18. The predicted molar refractivity (Wildman–Crippen MR) is 121 cm³/mol. The molecule has 1 saturated carbocycles. The van der Waals surface area contributed by atoms with Crippen LogP contribution in [0.25, 0.3) is 10.9 Å². The van der Waals surface area contributed by atoms with Crippen LogP contribution in [-0.4, -0.2) is 40.0 Å². The van der Waals surface area contributed by atoms with Crippen molar-refractivity contribution in [1.82, 2.24) is 20.4 Å². The van der Waals surface area contributed by atoms with Gasteiger partial charge in [-0.05, 0) is 70.7 Å². The van der Waals surface area contributed by atoms with Crippen LogP contribution in [0, 0.1) is 18.3 Å². The van der Waals surface area contributed by atoms with Crippen LogP contribution in [0.4, 0.5) is 0 Å². The van der Waals surface area contributed by atoms with Gasteiger partial charge in [-0.3, -0.25) is 14.7 Å². The number of carbonyl (C=O) groups is 2. The number of amides is 2. The second kappa shape index (κ2) is 7.20. The molecule has 2 N–H and O–H groups in total. The third-order valence-electron chi connectivity index (χ3n) is 6.32. The second-order valence-electron chi connectivity index (χ2n) is 8.34. The average Bonchev–Trinajstić information content (AvgIpc) is 3.36. The van der Waals surface area contributed by atoms with Crippen molar-refractivity contribution < 1.29 is 9.59 Å². The van der Waals surface area contributed by atoms with Crippen molar-refractivity contribution in [2.75, 3.05) is 13.1 Å². The van der Waals surface area contributed by atoms with Crippen molar-refractivity contribution in [3.05, 3.63) is 62.2 Å². The molecule has 1 spiro atoms. The van der Waals surface area contributed by atoms with E-state index in [1.165, 1.54) is 0 Å². The van der Waals surface area contributed by atoms with E-state index in [0.29, 0.717) is 25.2 Å². The number of fused-ring (bicyclic) bond motifs is 1. The molecule has 0 bridgehead atoms. The minimum Gasteiger partial charge on any atom is -0.352 e. The standard InChI is InChI=1S/C22H20Br2N4O2/c1-12-6-15(23)4-2-14(12)9-25-20(29)17-8-22(17)10-28(11-22)21(30)13-3-5-18-16(7-13)19(24)27-26-18/h2-7,17H,8-11H2,1H3,(H,25,29)(H,26,27). The summed E-state index contributed by atoms with van der Waals surface area (Å²) in [4.78, 5) is 27.3. The van der Waals surface area contributed by atoms with Gasteiger partial charge in [0.2, 0.25) is 5.91 Å². The fourth-order valence-electron chi connectivity index (χ4n) is 4.38. The zero-order valence-corrected chi connectivity index (χ0v) is 19.5. The fraction of sp³-hybridized carbons (Fsp3) is 0.318. The monoisotopic (exact) mass is 530 g/mol. The van der Waals surface area contributed by atoms with Gasteiger partial charge in [-0.15, -0.1) is 0 Å². The third-order valence-corrected chi connectivity index (χ3v) is 7.41. The first-order chi connectivity index (χ1) is 14.4. The van der Waals surface area contributed by atoms with E-state index in [2.05, 4.69) is 53.4 Å². The number of H-pyrrole nitrogens is 1. The third kappa shape index (κ3) is 3.36. The molecule has 154 valence electrons. The van der Waals surface area contributed by atoms with Gasteiger partial charge in [0.15, 0.2) is 0 Å². The highest BCUT2D eigenvalue weighted by Crippen LogP contribution is 2.58. The molecule has 1 aliphatic heterocycles. The molecule has 2 amide bonds. The lowest BCUT2D eigenvalue weighted by molar-refractivity contribution is -0.124. The molecule has 8 heteroatoms. The zero-order chi connectivity index (χ0) is 21.0. The van der Waals surface area contributed by atoms with Gasteiger partial charge in [0, 0.05) is 46.4 Å². The Labute approximate surface area is 190 Å². The maximum atomic E-state index is 12.8. The van der Waals surface area contributed by atoms with Crippen LogP contribution in [0.3, 0.4) is 0 Å². The molecule has 1 saturated heterocycles. The molecule has 1 aromatic heterocycles. The summed E-state index contributed by atoms with van der Waals surface area (Å²) in [5.74, 6) is 0.100. The molecule has 2 fully saturated rings. The number of aromatic amines is 1. The van der Waals surface area contributed by atoms with Crippen molar-refractivity contribution in [2.45, 2.75) is 19.9 Å². The van der Waals surface area contributed by atoms with Crippen LogP contribution < -0.4 is 5.32 Å². The molecular weight excluding hydrogens is 512 g/mol. The highest BCUT2D eigenvalue weighted by molar-refractivity contribution is 9.10. The Hall–Kier alpha value is -2.19. The van der Waals surface area contributed by atoms with Crippen molar-refractivity contribution in [1.29, 1.82) is 0 Å². The number of hydrogen-bond donors (Lipinski definition) is 2. The minimum atomic E-state index is -0.0329. The summed E-state index contributed by atoms with van der Waals surface area (Å²) in [5.41, 5.74) is 3.70. The average molecular weight is 532 g/mol. The zero-order valence-electron chi connectivity index (χ0n) is 16.3. The van der Waals surface area contributed by atoms with Crippen LogP contribution in [0.1, 0.15) is 27.9 Å². The molecule has 5 rings (SSSR count). The van der Waals surface area contributed by atoms with E-state index in [9.17, 15) is 9.59 Å². The predicted octanol–water partition coefficient (Wildman–Crippen LogP) is 4.17. The summed E-state index contributed by atoms with van der Waals surface area (Å²) in [7, 11) is 0. The van der Waals surface area contributed by atoms with Gasteiger partial charge in [-0.25, -0.2) is 0 Å². The Bertz CT molecular complexity index is 1180. The number of aromatic nitrogens is 2. The van der Waals surface area contributed by atoms with Crippen LogP contribution in [0.15, 0.2) is 45.5 Å². The number of benzene rings is 2. The summed E-state index contributed by atoms with van der Waals surface area (Å²) in [6.45, 7) is 3.87.